The van der Waals surface area contributed by atoms with Gasteiger partial charge in [-0.25, -0.2) is 8.42 Å². The van der Waals surface area contributed by atoms with Crippen LogP contribution in [0, 0.1) is 6.92 Å². The van der Waals surface area contributed by atoms with Crippen LogP contribution in [0.4, 0.5) is 5.69 Å². The van der Waals surface area contributed by atoms with Crippen molar-refractivity contribution in [2.75, 3.05) is 16.8 Å². The molecule has 1 fully saturated rings. The molecule has 25 heavy (non-hydrogen) atoms. The Hall–Kier alpha value is -2.41. The Morgan fingerprint density at radius 2 is 2.08 bits per heavy atom. The van der Waals surface area contributed by atoms with Gasteiger partial charge in [0.1, 0.15) is 0 Å². The highest BCUT2D eigenvalue weighted by Crippen LogP contribution is 2.15. The molecule has 1 aliphatic heterocycles. The molecular formula is C18H21N3O3S. The van der Waals surface area contributed by atoms with Crippen molar-refractivity contribution in [3.8, 4) is 0 Å². The summed E-state index contributed by atoms with van der Waals surface area (Å²) < 4.78 is 23.0. The number of pyridine rings is 1. The second-order valence-electron chi connectivity index (χ2n) is 6.32. The minimum atomic E-state index is -3.02. The maximum absolute atomic E-state index is 12.3. The average Bonchev–Trinajstić information content (AvgIpc) is 2.93. The van der Waals surface area contributed by atoms with Gasteiger partial charge in [0, 0.05) is 25.0 Å². The van der Waals surface area contributed by atoms with E-state index in [1.54, 1.807) is 12.3 Å². The highest BCUT2D eigenvalue weighted by molar-refractivity contribution is 7.91. The van der Waals surface area contributed by atoms with Crippen molar-refractivity contribution in [2.24, 2.45) is 0 Å². The van der Waals surface area contributed by atoms with E-state index in [-0.39, 0.29) is 23.5 Å². The third kappa shape index (κ3) is 4.57. The van der Waals surface area contributed by atoms with Gasteiger partial charge in [-0.05, 0) is 30.5 Å². The molecule has 132 valence electrons. The first-order valence-electron chi connectivity index (χ1n) is 8.18. The quantitative estimate of drug-likeness (QED) is 0.851. The summed E-state index contributed by atoms with van der Waals surface area (Å²) in [5.41, 5.74) is 3.53. The van der Waals surface area contributed by atoms with E-state index in [0.717, 1.165) is 5.69 Å². The number of sulfone groups is 1. The van der Waals surface area contributed by atoms with E-state index in [4.69, 9.17) is 0 Å². The Morgan fingerprint density at radius 3 is 2.80 bits per heavy atom. The summed E-state index contributed by atoms with van der Waals surface area (Å²) >= 11 is 0. The molecule has 1 unspecified atom stereocenters. The lowest BCUT2D eigenvalue weighted by Crippen LogP contribution is -2.35. The summed E-state index contributed by atoms with van der Waals surface area (Å²) in [7, 11) is -3.02. The molecule has 0 radical (unpaired) electrons. The predicted octanol–water partition coefficient (Wildman–Crippen LogP) is 1.92. The fraction of sp³-hybridized carbons (Fsp3) is 0.333. The summed E-state index contributed by atoms with van der Waals surface area (Å²) in [5, 5.41) is 6.04. The molecule has 1 aliphatic rings. The van der Waals surface area contributed by atoms with Crippen LogP contribution in [0.5, 0.6) is 0 Å². The summed E-state index contributed by atoms with van der Waals surface area (Å²) in [4.78, 5) is 16.4. The van der Waals surface area contributed by atoms with Gasteiger partial charge in [0.2, 0.25) is 0 Å². The Morgan fingerprint density at radius 1 is 1.28 bits per heavy atom. The van der Waals surface area contributed by atoms with Gasteiger partial charge in [-0.3, -0.25) is 9.78 Å². The number of nitrogens with one attached hydrogen (secondary N) is 2. The lowest BCUT2D eigenvalue weighted by Gasteiger charge is -2.12. The summed E-state index contributed by atoms with van der Waals surface area (Å²) in [6.07, 6.45) is 3.61. The van der Waals surface area contributed by atoms with Crippen LogP contribution < -0.4 is 10.6 Å². The third-order valence-electron chi connectivity index (χ3n) is 4.31. The first kappa shape index (κ1) is 17.4. The van der Waals surface area contributed by atoms with Crippen molar-refractivity contribution in [1.82, 2.24) is 10.3 Å². The Bertz CT molecular complexity index is 881. The van der Waals surface area contributed by atoms with E-state index >= 15 is 0 Å². The van der Waals surface area contributed by atoms with Crippen molar-refractivity contribution in [3.05, 3.63) is 59.4 Å². The zero-order valence-electron chi connectivity index (χ0n) is 14.0. The van der Waals surface area contributed by atoms with Gasteiger partial charge in [-0.2, -0.15) is 0 Å². The number of nitrogens with zero attached hydrogens (tertiary/aromatic N) is 1. The average molecular weight is 359 g/mol. The van der Waals surface area contributed by atoms with Crippen LogP contribution in [0.15, 0.2) is 42.7 Å². The smallest absolute Gasteiger partial charge is 0.253 e. The topological polar surface area (TPSA) is 88.2 Å². The van der Waals surface area contributed by atoms with Crippen molar-refractivity contribution in [1.29, 1.82) is 0 Å². The van der Waals surface area contributed by atoms with Crippen LogP contribution in [-0.2, 0) is 16.4 Å². The van der Waals surface area contributed by atoms with E-state index < -0.39 is 9.84 Å². The molecule has 1 atom stereocenters. The number of carbonyl (C=O) groups excluding carboxylic acids is 1. The van der Waals surface area contributed by atoms with Crippen LogP contribution in [0.1, 0.15) is 27.9 Å². The first-order valence-corrected chi connectivity index (χ1v) is 10.00. The number of hydrogen-bond acceptors (Lipinski definition) is 5. The molecule has 1 aromatic carbocycles. The zero-order valence-corrected chi connectivity index (χ0v) is 14.8. The lowest BCUT2D eigenvalue weighted by molar-refractivity contribution is 0.0941. The normalized spacial score (nSPS) is 18.7. The van der Waals surface area contributed by atoms with Crippen LogP contribution in [0.3, 0.4) is 0 Å². The highest BCUT2D eigenvalue weighted by atomic mass is 32.2. The van der Waals surface area contributed by atoms with Crippen LogP contribution in [0.25, 0.3) is 0 Å². The molecule has 6 nitrogen and oxygen atoms in total. The van der Waals surface area contributed by atoms with Crippen molar-refractivity contribution in [3.63, 3.8) is 0 Å². The fourth-order valence-electron chi connectivity index (χ4n) is 2.84. The Balaban J connectivity index is 1.63. The third-order valence-corrected chi connectivity index (χ3v) is 6.08. The van der Waals surface area contributed by atoms with Crippen LogP contribution in [-0.4, -0.2) is 36.9 Å². The molecule has 1 aromatic heterocycles. The number of aromatic nitrogens is 1. The fourth-order valence-corrected chi connectivity index (χ4v) is 4.52. The van der Waals surface area contributed by atoms with Crippen molar-refractivity contribution < 1.29 is 13.2 Å². The van der Waals surface area contributed by atoms with E-state index in [9.17, 15) is 13.2 Å². The molecule has 3 rings (SSSR count). The molecule has 7 heteroatoms. The van der Waals surface area contributed by atoms with Crippen LogP contribution in [0.2, 0.25) is 0 Å². The van der Waals surface area contributed by atoms with Gasteiger partial charge in [0.15, 0.2) is 9.84 Å². The molecule has 0 saturated carbocycles. The maximum atomic E-state index is 12.3. The van der Waals surface area contributed by atoms with Crippen molar-refractivity contribution in [2.45, 2.75) is 25.9 Å². The molecule has 2 N–H and O–H groups in total. The zero-order chi connectivity index (χ0) is 17.9. The predicted molar refractivity (Wildman–Crippen MR) is 97.3 cm³/mol. The summed E-state index contributed by atoms with van der Waals surface area (Å²) in [6.45, 7) is 2.69. The summed E-state index contributed by atoms with van der Waals surface area (Å²) in [5.74, 6) is -0.153. The maximum Gasteiger partial charge on any atom is 0.253 e. The molecule has 2 aromatic rings. The van der Waals surface area contributed by atoms with E-state index in [0.29, 0.717) is 18.5 Å². The van der Waals surface area contributed by atoms with Crippen LogP contribution >= 0.6 is 0 Å². The Labute approximate surface area is 147 Å². The molecule has 0 spiro atoms. The van der Waals surface area contributed by atoms with Gasteiger partial charge >= 0.3 is 0 Å². The Kier molecular flexibility index (Phi) is 5.03. The largest absolute Gasteiger partial charge is 0.380 e. The van der Waals surface area contributed by atoms with Gasteiger partial charge in [-0.15, -0.1) is 0 Å². The van der Waals surface area contributed by atoms with E-state index in [1.165, 1.54) is 17.3 Å². The number of benzene rings is 1. The number of hydrogen-bond donors (Lipinski definition) is 2. The number of anilines is 1. The van der Waals surface area contributed by atoms with Gasteiger partial charge in [0.25, 0.3) is 5.91 Å². The van der Waals surface area contributed by atoms with E-state index in [1.807, 2.05) is 18.2 Å². The second kappa shape index (κ2) is 7.23. The van der Waals surface area contributed by atoms with Crippen molar-refractivity contribution >= 4 is 21.4 Å². The standard InChI is InChI=1S/C18H21N3O3S/c1-13-4-2-3-5-14(13)10-20-17-8-15(9-19-11-17)18(22)21-16-6-7-25(23,24)12-16/h2-5,8-9,11,16,20H,6-7,10,12H2,1H3,(H,21,22). The minimum Gasteiger partial charge on any atom is -0.380 e. The first-order chi connectivity index (χ1) is 11.9. The molecule has 0 bridgehead atoms. The monoisotopic (exact) mass is 359 g/mol. The molecule has 0 aliphatic carbocycles. The second-order valence-corrected chi connectivity index (χ2v) is 8.54. The number of rotatable bonds is 5. The molecule has 1 amide bonds. The van der Waals surface area contributed by atoms with E-state index in [2.05, 4.69) is 28.6 Å². The lowest BCUT2D eigenvalue weighted by atomic mass is 10.1. The number of aryl methyl sites for hydroxylation is 1. The molecule has 2 heterocycles. The number of carbonyl (C=O) groups is 1. The van der Waals surface area contributed by atoms with Gasteiger partial charge in [-0.1, -0.05) is 24.3 Å². The van der Waals surface area contributed by atoms with Gasteiger partial charge < -0.3 is 10.6 Å². The SMILES string of the molecule is Cc1ccccc1CNc1cncc(C(=O)NC2CCS(=O)(=O)C2)c1. The summed E-state index contributed by atoms with van der Waals surface area (Å²) in [6, 6.07) is 9.49. The van der Waals surface area contributed by atoms with Gasteiger partial charge in [0.05, 0.1) is 22.8 Å². The molecule has 1 saturated heterocycles. The number of amides is 1. The molecular weight excluding hydrogens is 338 g/mol. The highest BCUT2D eigenvalue weighted by Gasteiger charge is 2.29. The minimum absolute atomic E-state index is 0.0113.